The van der Waals surface area contributed by atoms with E-state index in [2.05, 4.69) is 16.5 Å². The second-order valence-corrected chi connectivity index (χ2v) is 12.6. The molecular weight excluding hydrogens is 592 g/mol. The lowest BCUT2D eigenvalue weighted by molar-refractivity contribution is -0.128. The number of aromatic nitrogens is 3. The van der Waals surface area contributed by atoms with Crippen molar-refractivity contribution >= 4 is 33.6 Å². The van der Waals surface area contributed by atoms with Crippen LogP contribution in [0, 0.1) is 25.5 Å². The summed E-state index contributed by atoms with van der Waals surface area (Å²) in [6.45, 7) is 13.6. The second-order valence-electron chi connectivity index (χ2n) is 12.6. The number of hydrogen-bond acceptors (Lipinski definition) is 6. The molecule has 2 aromatic carbocycles. The molecule has 0 bridgehead atoms. The minimum Gasteiger partial charge on any atom is -0.407 e. The van der Waals surface area contributed by atoms with E-state index in [1.54, 1.807) is 36.2 Å². The maximum Gasteiger partial charge on any atom is 0.417 e. The third-order valence-electron chi connectivity index (χ3n) is 9.42. The highest BCUT2D eigenvalue weighted by Gasteiger charge is 2.42. The quantitative estimate of drug-likeness (QED) is 0.259. The molecule has 0 saturated carbocycles. The van der Waals surface area contributed by atoms with Gasteiger partial charge in [0.15, 0.2) is 11.4 Å². The molecule has 3 aromatic heterocycles. The number of piperazine rings is 1. The van der Waals surface area contributed by atoms with Crippen LogP contribution in [-0.2, 0) is 11.2 Å². The number of halogens is 2. The molecule has 0 radical (unpaired) electrons. The maximum atomic E-state index is 17.5. The Morgan fingerprint density at radius 2 is 1.87 bits per heavy atom. The van der Waals surface area contributed by atoms with E-state index in [1.165, 1.54) is 16.7 Å². The van der Waals surface area contributed by atoms with E-state index in [1.807, 2.05) is 32.6 Å². The summed E-state index contributed by atoms with van der Waals surface area (Å²) in [5, 5.41) is 0.241. The number of fused-ring (bicyclic) bond motifs is 6. The predicted molar refractivity (Wildman–Crippen MR) is 173 cm³/mol. The molecule has 1 fully saturated rings. The summed E-state index contributed by atoms with van der Waals surface area (Å²) >= 11 is 0. The van der Waals surface area contributed by atoms with E-state index in [-0.39, 0.29) is 46.0 Å². The van der Waals surface area contributed by atoms with Crippen molar-refractivity contribution in [2.45, 2.75) is 59.0 Å². The second kappa shape index (κ2) is 10.5. The van der Waals surface area contributed by atoms with Crippen molar-refractivity contribution < 1.29 is 18.0 Å². The molecule has 46 heavy (non-hydrogen) atoms. The SMILES string of the molecule is C=CC(=O)N1CC2Cc3c(c4cc(F)c(-c5c(C)ccc6[nH]c(=O)oc56)c(F)c4n(-c4c(C)ccnc4C(C)C)c3=O)N2CC1C. The average molecular weight is 626 g/mol. The van der Waals surface area contributed by atoms with Gasteiger partial charge in [-0.2, -0.15) is 0 Å². The highest BCUT2D eigenvalue weighted by molar-refractivity contribution is 6.02. The maximum absolute atomic E-state index is 17.5. The Hall–Kier alpha value is -5.06. The van der Waals surface area contributed by atoms with Crippen LogP contribution in [0.2, 0.25) is 0 Å². The van der Waals surface area contributed by atoms with Crippen LogP contribution in [0.25, 0.3) is 38.8 Å². The number of nitrogens with one attached hydrogen (secondary N) is 1. The summed E-state index contributed by atoms with van der Waals surface area (Å²) in [6, 6.07) is 5.81. The van der Waals surface area contributed by atoms with Crippen LogP contribution in [-0.4, -0.2) is 50.5 Å². The normalized spacial score (nSPS) is 17.7. The van der Waals surface area contributed by atoms with Crippen LogP contribution in [0.15, 0.2) is 57.1 Å². The molecule has 5 aromatic rings. The number of aromatic amines is 1. The van der Waals surface area contributed by atoms with Gasteiger partial charge in [-0.05, 0) is 62.1 Å². The lowest BCUT2D eigenvalue weighted by atomic mass is 9.95. The molecule has 9 nitrogen and oxygen atoms in total. The first-order valence-corrected chi connectivity index (χ1v) is 15.3. The van der Waals surface area contributed by atoms with Crippen molar-refractivity contribution in [3.8, 4) is 16.8 Å². The summed E-state index contributed by atoms with van der Waals surface area (Å²) in [7, 11) is 0. The Morgan fingerprint density at radius 3 is 2.59 bits per heavy atom. The largest absolute Gasteiger partial charge is 0.417 e. The van der Waals surface area contributed by atoms with Gasteiger partial charge < -0.3 is 14.2 Å². The van der Waals surface area contributed by atoms with Crippen LogP contribution < -0.4 is 16.2 Å². The number of anilines is 1. The molecule has 2 unspecified atom stereocenters. The van der Waals surface area contributed by atoms with Crippen LogP contribution >= 0.6 is 0 Å². The van der Waals surface area contributed by atoms with Crippen molar-refractivity contribution in [2.75, 3.05) is 18.0 Å². The average Bonchev–Trinajstić information content (AvgIpc) is 3.58. The van der Waals surface area contributed by atoms with Gasteiger partial charge in [-0.15, -0.1) is 0 Å². The molecule has 2 aliphatic heterocycles. The predicted octanol–water partition coefficient (Wildman–Crippen LogP) is 5.65. The van der Waals surface area contributed by atoms with Crippen LogP contribution in [0.3, 0.4) is 0 Å². The highest BCUT2D eigenvalue weighted by Crippen LogP contribution is 2.45. The number of aryl methyl sites for hydroxylation is 2. The number of pyridine rings is 2. The van der Waals surface area contributed by atoms with Gasteiger partial charge in [0.25, 0.3) is 5.56 Å². The first-order valence-electron chi connectivity index (χ1n) is 15.3. The highest BCUT2D eigenvalue weighted by atomic mass is 19.1. The van der Waals surface area contributed by atoms with Gasteiger partial charge in [-0.1, -0.05) is 26.5 Å². The standard InChI is InChI=1S/C35H33F2N5O4/c1-7-25(43)40-15-20-12-22-31(41(20)14-19(40)6)21-13-23(36)27(26-17(4)8-9-24-33(26)46-35(45)39-24)28(37)32(21)42(34(22)44)30-18(5)10-11-38-29(30)16(2)3/h7-11,13,16,19-20H,1,12,14-15H2,2-6H3,(H,39,45). The van der Waals surface area contributed by atoms with Gasteiger partial charge in [0.2, 0.25) is 5.91 Å². The van der Waals surface area contributed by atoms with Gasteiger partial charge in [-0.25, -0.2) is 13.6 Å². The van der Waals surface area contributed by atoms with Crippen LogP contribution in [0.4, 0.5) is 14.5 Å². The molecule has 0 spiro atoms. The Morgan fingerprint density at radius 1 is 1.11 bits per heavy atom. The zero-order chi connectivity index (χ0) is 32.8. The number of amides is 1. The zero-order valence-electron chi connectivity index (χ0n) is 26.2. The van der Waals surface area contributed by atoms with Crippen molar-refractivity contribution in [3.63, 3.8) is 0 Å². The summed E-state index contributed by atoms with van der Waals surface area (Å²) in [5.74, 6) is -2.89. The molecular formula is C35H33F2N5O4. The van der Waals surface area contributed by atoms with Crippen LogP contribution in [0.1, 0.15) is 49.1 Å². The topological polar surface area (TPSA) is 104 Å². The van der Waals surface area contributed by atoms with Crippen molar-refractivity contribution in [3.05, 3.63) is 98.0 Å². The minimum absolute atomic E-state index is 0.0227. The van der Waals surface area contributed by atoms with E-state index in [0.717, 1.165) is 0 Å². The van der Waals surface area contributed by atoms with E-state index >= 15 is 8.78 Å². The number of carbonyl (C=O) groups is 1. The third-order valence-corrected chi connectivity index (χ3v) is 9.42. The summed E-state index contributed by atoms with van der Waals surface area (Å²) < 4.78 is 40.7. The van der Waals surface area contributed by atoms with Crippen molar-refractivity contribution in [1.82, 2.24) is 19.4 Å². The molecule has 2 atom stereocenters. The fourth-order valence-corrected chi connectivity index (χ4v) is 7.32. The molecule has 2 aliphatic rings. The van der Waals surface area contributed by atoms with Gasteiger partial charge in [0, 0.05) is 48.3 Å². The van der Waals surface area contributed by atoms with Crippen molar-refractivity contribution in [1.29, 1.82) is 0 Å². The summed E-state index contributed by atoms with van der Waals surface area (Å²) in [6.07, 6.45) is 3.23. The first-order chi connectivity index (χ1) is 21.9. The molecule has 11 heteroatoms. The third kappa shape index (κ3) is 4.17. The Labute approximate surface area is 262 Å². The van der Waals surface area contributed by atoms with E-state index < -0.39 is 28.5 Å². The van der Waals surface area contributed by atoms with Crippen LogP contribution in [0.5, 0.6) is 0 Å². The number of H-pyrrole nitrogens is 1. The summed E-state index contributed by atoms with van der Waals surface area (Å²) in [5.41, 5.74) is 2.61. The smallest absolute Gasteiger partial charge is 0.407 e. The molecule has 7 rings (SSSR count). The number of carbonyl (C=O) groups excluding carboxylic acids is 1. The van der Waals surface area contributed by atoms with Gasteiger partial charge in [0.05, 0.1) is 39.7 Å². The number of oxazole rings is 1. The van der Waals surface area contributed by atoms with Gasteiger partial charge in [0.1, 0.15) is 5.82 Å². The van der Waals surface area contributed by atoms with Gasteiger partial charge in [-0.3, -0.25) is 24.1 Å². The molecule has 5 heterocycles. The van der Waals surface area contributed by atoms with E-state index in [0.29, 0.717) is 58.8 Å². The fourth-order valence-electron chi connectivity index (χ4n) is 7.32. The Kier molecular flexibility index (Phi) is 6.77. The molecule has 1 amide bonds. The Balaban J connectivity index is 1.61. The zero-order valence-corrected chi connectivity index (χ0v) is 26.2. The van der Waals surface area contributed by atoms with Crippen molar-refractivity contribution in [2.24, 2.45) is 0 Å². The fraction of sp³-hybridized carbons (Fsp3) is 0.314. The molecule has 1 saturated heterocycles. The number of benzene rings is 2. The Bertz CT molecular complexity index is 2250. The number of hydrogen-bond donors (Lipinski definition) is 1. The molecule has 0 aliphatic carbocycles. The lowest BCUT2D eigenvalue weighted by Crippen LogP contribution is -2.57. The van der Waals surface area contributed by atoms with E-state index in [9.17, 15) is 14.4 Å². The first kappa shape index (κ1) is 29.6. The van der Waals surface area contributed by atoms with Gasteiger partial charge >= 0.3 is 5.76 Å². The minimum atomic E-state index is -0.954. The monoisotopic (exact) mass is 625 g/mol. The lowest BCUT2D eigenvalue weighted by Gasteiger charge is -2.43. The molecule has 1 N–H and O–H groups in total. The number of rotatable bonds is 4. The van der Waals surface area contributed by atoms with E-state index in [4.69, 9.17) is 4.42 Å². The number of nitrogens with zero attached hydrogens (tertiary/aromatic N) is 4. The summed E-state index contributed by atoms with van der Waals surface area (Å²) in [4.78, 5) is 50.5. The molecule has 236 valence electrons.